The number of rotatable bonds is 4. The Morgan fingerprint density at radius 2 is 1.50 bits per heavy atom. The molecule has 0 unspecified atom stereocenters. The first-order chi connectivity index (χ1) is 21.8. The minimum Gasteiger partial charge on any atom is -0.317 e. The van der Waals surface area contributed by atoms with Crippen LogP contribution < -0.4 is 4.90 Å². The summed E-state index contributed by atoms with van der Waals surface area (Å²) in [5.41, 5.74) is 12.1. The van der Waals surface area contributed by atoms with E-state index in [1.807, 2.05) is 6.20 Å². The van der Waals surface area contributed by atoms with Gasteiger partial charge in [0.2, 0.25) is 0 Å². The summed E-state index contributed by atoms with van der Waals surface area (Å²) in [6.45, 7) is 4.62. The lowest BCUT2D eigenvalue weighted by Gasteiger charge is -2.27. The molecule has 1 aliphatic carbocycles. The van der Waals surface area contributed by atoms with Gasteiger partial charge in [0.1, 0.15) is 0 Å². The third kappa shape index (κ3) is 4.42. The number of para-hydroxylation sites is 3. The van der Waals surface area contributed by atoms with Gasteiger partial charge in [0.05, 0.1) is 28.6 Å². The van der Waals surface area contributed by atoms with E-state index in [-0.39, 0.29) is 0 Å². The van der Waals surface area contributed by atoms with Crippen LogP contribution in [0.4, 0.5) is 11.4 Å². The van der Waals surface area contributed by atoms with Crippen molar-refractivity contribution in [1.29, 1.82) is 0 Å². The molecule has 0 bridgehead atoms. The predicted molar refractivity (Wildman–Crippen MR) is 186 cm³/mol. The second-order valence-corrected chi connectivity index (χ2v) is 11.2. The number of benzene rings is 4. The first kappa shape index (κ1) is 26.0. The molecule has 6 aromatic rings. The van der Waals surface area contributed by atoms with Gasteiger partial charge in [-0.05, 0) is 78.1 Å². The van der Waals surface area contributed by atoms with Gasteiger partial charge in [0.15, 0.2) is 0 Å². The van der Waals surface area contributed by atoms with E-state index in [1.54, 1.807) is 0 Å². The Labute approximate surface area is 257 Å². The number of anilines is 2. The monoisotopic (exact) mass is 565 g/mol. The van der Waals surface area contributed by atoms with Crippen molar-refractivity contribution in [2.45, 2.75) is 12.8 Å². The molecule has 2 aliphatic rings. The summed E-state index contributed by atoms with van der Waals surface area (Å²) in [4.78, 5) is 7.27. The highest BCUT2D eigenvalue weighted by Crippen LogP contribution is 2.41. The average molecular weight is 566 g/mol. The van der Waals surface area contributed by atoms with E-state index in [1.165, 1.54) is 27.4 Å². The molecule has 4 aromatic carbocycles. The van der Waals surface area contributed by atoms with Crippen molar-refractivity contribution >= 4 is 49.9 Å². The SMILES string of the molecule is C=C1/C(c2cc3c4ccccc4n(-c4ccccc4)c3cn2)=C\C=C/N(c2ccc(C3=CCCC=C3)cc2)c2ccccc21. The Hall–Kier alpha value is -5.67. The highest BCUT2D eigenvalue weighted by atomic mass is 15.1. The van der Waals surface area contributed by atoms with Crippen LogP contribution in [0.15, 0.2) is 159 Å². The number of pyridine rings is 1. The second kappa shape index (κ2) is 10.9. The zero-order chi connectivity index (χ0) is 29.5. The van der Waals surface area contributed by atoms with Gasteiger partial charge in [-0.15, -0.1) is 0 Å². The highest BCUT2D eigenvalue weighted by Gasteiger charge is 2.20. The van der Waals surface area contributed by atoms with Crippen LogP contribution in [0.25, 0.3) is 44.2 Å². The Morgan fingerprint density at radius 1 is 0.705 bits per heavy atom. The topological polar surface area (TPSA) is 21.1 Å². The van der Waals surface area contributed by atoms with Crippen LogP contribution in [-0.2, 0) is 0 Å². The molecule has 8 rings (SSSR count). The molecule has 0 fully saturated rings. The van der Waals surface area contributed by atoms with Crippen LogP contribution in [0.3, 0.4) is 0 Å². The van der Waals surface area contributed by atoms with Crippen molar-refractivity contribution in [3.05, 3.63) is 175 Å². The van der Waals surface area contributed by atoms with Gasteiger partial charge in [0, 0.05) is 39.5 Å². The lowest BCUT2D eigenvalue weighted by molar-refractivity contribution is 1.04. The van der Waals surface area contributed by atoms with Gasteiger partial charge < -0.3 is 9.47 Å². The summed E-state index contributed by atoms with van der Waals surface area (Å²) in [6, 6.07) is 38.6. The quantitative estimate of drug-likeness (QED) is 0.212. The smallest absolute Gasteiger partial charge is 0.0724 e. The van der Waals surface area contributed by atoms with E-state index < -0.39 is 0 Å². The molecule has 2 aromatic heterocycles. The largest absolute Gasteiger partial charge is 0.317 e. The summed E-state index contributed by atoms with van der Waals surface area (Å²) in [5.74, 6) is 0. The molecular weight excluding hydrogens is 534 g/mol. The van der Waals surface area contributed by atoms with Gasteiger partial charge in [-0.2, -0.15) is 0 Å². The zero-order valence-corrected chi connectivity index (χ0v) is 24.4. The summed E-state index contributed by atoms with van der Waals surface area (Å²) in [6.07, 6.45) is 17.4. The molecule has 210 valence electrons. The molecule has 0 atom stereocenters. The maximum Gasteiger partial charge on any atom is 0.0724 e. The Balaban J connectivity index is 1.22. The third-order valence-electron chi connectivity index (χ3n) is 8.63. The fraction of sp³-hybridized carbons (Fsp3) is 0.0488. The van der Waals surface area contributed by atoms with Crippen molar-refractivity contribution in [2.75, 3.05) is 4.90 Å². The molecule has 0 radical (unpaired) electrons. The van der Waals surface area contributed by atoms with Gasteiger partial charge in [-0.3, -0.25) is 4.98 Å². The number of hydrogen-bond acceptors (Lipinski definition) is 2. The van der Waals surface area contributed by atoms with Crippen LogP contribution in [0.5, 0.6) is 0 Å². The maximum atomic E-state index is 5.03. The minimum absolute atomic E-state index is 0.907. The first-order valence-corrected chi connectivity index (χ1v) is 15.1. The van der Waals surface area contributed by atoms with Crippen LogP contribution in [0.2, 0.25) is 0 Å². The number of nitrogens with zero attached hydrogens (tertiary/aromatic N) is 3. The number of allylic oxidation sites excluding steroid dienone is 8. The molecule has 3 heteroatoms. The Kier molecular flexibility index (Phi) is 6.42. The number of hydrogen-bond donors (Lipinski definition) is 0. The van der Waals surface area contributed by atoms with Gasteiger partial charge in [-0.25, -0.2) is 0 Å². The molecule has 0 spiro atoms. The second-order valence-electron chi connectivity index (χ2n) is 11.2. The van der Waals surface area contributed by atoms with Crippen LogP contribution in [0, 0.1) is 0 Å². The average Bonchev–Trinajstić information content (AvgIpc) is 3.42. The summed E-state index contributed by atoms with van der Waals surface area (Å²) < 4.78 is 2.29. The van der Waals surface area contributed by atoms with E-state index in [2.05, 4.69) is 162 Å². The molecule has 0 saturated heterocycles. The molecule has 0 saturated carbocycles. The normalized spacial score (nSPS) is 16.6. The van der Waals surface area contributed by atoms with Crippen LogP contribution in [0.1, 0.15) is 29.7 Å². The van der Waals surface area contributed by atoms with Crippen molar-refractivity contribution in [3.63, 3.8) is 0 Å². The van der Waals surface area contributed by atoms with Crippen molar-refractivity contribution in [3.8, 4) is 5.69 Å². The molecular formula is C41H31N3. The fourth-order valence-corrected chi connectivity index (χ4v) is 6.47. The summed E-state index contributed by atoms with van der Waals surface area (Å²) >= 11 is 0. The summed E-state index contributed by atoms with van der Waals surface area (Å²) in [7, 11) is 0. The standard InChI is InChI=1S/C41H31N3/c1-29-34(38-27-37-36-18-9-11-21-40(36)44(41(37)28-42-38)33-15-6-3-7-16-33)19-12-26-43(39-20-10-8-17-35(29)39)32-24-22-31(23-25-32)30-13-4-2-5-14-30/h3-4,6-28H,1-2,5H2/b26-12-,34-19+. The van der Waals surface area contributed by atoms with Crippen molar-refractivity contribution in [1.82, 2.24) is 9.55 Å². The Bertz CT molecular complexity index is 2170. The highest BCUT2D eigenvalue weighted by molar-refractivity contribution is 6.12. The molecule has 0 N–H and O–H groups in total. The molecule has 0 amide bonds. The van der Waals surface area contributed by atoms with Crippen LogP contribution >= 0.6 is 0 Å². The fourth-order valence-electron chi connectivity index (χ4n) is 6.47. The number of fused-ring (bicyclic) bond motifs is 4. The Morgan fingerprint density at radius 3 is 2.34 bits per heavy atom. The lowest BCUT2D eigenvalue weighted by atomic mass is 9.93. The van der Waals surface area contributed by atoms with E-state index >= 15 is 0 Å². The maximum absolute atomic E-state index is 5.03. The van der Waals surface area contributed by atoms with Crippen molar-refractivity contribution in [2.24, 2.45) is 0 Å². The van der Waals surface area contributed by atoms with Gasteiger partial charge >= 0.3 is 0 Å². The predicted octanol–water partition coefficient (Wildman–Crippen LogP) is 10.7. The van der Waals surface area contributed by atoms with E-state index in [0.29, 0.717) is 0 Å². The molecule has 1 aliphatic heterocycles. The molecule has 3 nitrogen and oxygen atoms in total. The minimum atomic E-state index is 0.907. The third-order valence-corrected chi connectivity index (χ3v) is 8.63. The van der Waals surface area contributed by atoms with E-state index in [4.69, 9.17) is 4.98 Å². The van der Waals surface area contributed by atoms with E-state index in [9.17, 15) is 0 Å². The molecule has 44 heavy (non-hydrogen) atoms. The summed E-state index contributed by atoms with van der Waals surface area (Å²) in [5, 5.41) is 2.38. The number of aromatic nitrogens is 2. The zero-order valence-electron chi connectivity index (χ0n) is 24.4. The van der Waals surface area contributed by atoms with Gasteiger partial charge in [0.25, 0.3) is 0 Å². The first-order valence-electron chi connectivity index (χ1n) is 15.1. The van der Waals surface area contributed by atoms with E-state index in [0.717, 1.165) is 57.8 Å². The van der Waals surface area contributed by atoms with Crippen LogP contribution in [-0.4, -0.2) is 9.55 Å². The van der Waals surface area contributed by atoms with Crippen molar-refractivity contribution < 1.29 is 0 Å². The lowest BCUT2D eigenvalue weighted by Crippen LogP contribution is -2.12. The molecule has 3 heterocycles. The van der Waals surface area contributed by atoms with Gasteiger partial charge in [-0.1, -0.05) is 97.6 Å².